The molecule has 20 heavy (non-hydrogen) atoms. The second kappa shape index (κ2) is 5.58. The number of carbonyl (C=O) groups is 2. The van der Waals surface area contributed by atoms with E-state index in [0.29, 0.717) is 12.0 Å². The van der Waals surface area contributed by atoms with Crippen LogP contribution >= 0.6 is 0 Å². The summed E-state index contributed by atoms with van der Waals surface area (Å²) >= 11 is 0. The minimum absolute atomic E-state index is 0.0507. The molecule has 0 aliphatic carbocycles. The number of para-hydroxylation sites is 1. The highest BCUT2D eigenvalue weighted by Gasteiger charge is 2.35. The number of halogens is 1. The molecule has 2 atom stereocenters. The summed E-state index contributed by atoms with van der Waals surface area (Å²) in [5, 5.41) is 2.27. The van der Waals surface area contributed by atoms with Crippen molar-refractivity contribution < 1.29 is 14.0 Å². The third kappa shape index (κ3) is 2.51. The van der Waals surface area contributed by atoms with Crippen molar-refractivity contribution in [1.82, 2.24) is 5.32 Å². The van der Waals surface area contributed by atoms with Crippen molar-refractivity contribution in [3.8, 4) is 0 Å². The van der Waals surface area contributed by atoms with Crippen LogP contribution in [0.2, 0.25) is 0 Å². The third-order valence-electron chi connectivity index (χ3n) is 3.44. The molecule has 1 aromatic carbocycles. The summed E-state index contributed by atoms with van der Waals surface area (Å²) in [6.07, 6.45) is 0.478. The van der Waals surface area contributed by atoms with Gasteiger partial charge in [0, 0.05) is 6.04 Å². The standard InChI is InChI=1S/C14H18FN3O2/c1-3-11-14(20)17-12(19)7-18(11)13-9(8(2)16)5-4-6-10(13)15/h4-6,8,11H,3,7,16H2,1-2H3,(H,17,19,20)/t8-,11?/m0/s1. The molecule has 0 radical (unpaired) electrons. The fourth-order valence-electron chi connectivity index (χ4n) is 2.51. The molecule has 0 saturated carbocycles. The predicted octanol–water partition coefficient (Wildman–Crippen LogP) is 1.09. The zero-order chi connectivity index (χ0) is 14.9. The Morgan fingerprint density at radius 2 is 2.20 bits per heavy atom. The zero-order valence-electron chi connectivity index (χ0n) is 11.5. The van der Waals surface area contributed by atoms with Gasteiger partial charge >= 0.3 is 0 Å². The summed E-state index contributed by atoms with van der Waals surface area (Å²) in [5.74, 6) is -1.30. The number of anilines is 1. The van der Waals surface area contributed by atoms with Gasteiger partial charge in [-0.05, 0) is 25.0 Å². The number of nitrogens with two attached hydrogens (primary N) is 1. The van der Waals surface area contributed by atoms with Crippen molar-refractivity contribution in [2.75, 3.05) is 11.4 Å². The van der Waals surface area contributed by atoms with E-state index in [1.165, 1.54) is 11.0 Å². The van der Waals surface area contributed by atoms with Gasteiger partial charge < -0.3 is 10.6 Å². The molecule has 3 N–H and O–H groups in total. The van der Waals surface area contributed by atoms with Crippen molar-refractivity contribution in [3.63, 3.8) is 0 Å². The van der Waals surface area contributed by atoms with E-state index in [1.54, 1.807) is 19.1 Å². The molecule has 0 aromatic heterocycles. The van der Waals surface area contributed by atoms with Gasteiger partial charge in [0.15, 0.2) is 0 Å². The Bertz CT molecular complexity index is 545. The molecule has 1 unspecified atom stereocenters. The first-order chi connectivity index (χ1) is 9.45. The number of nitrogens with one attached hydrogen (secondary N) is 1. The van der Waals surface area contributed by atoms with Gasteiger partial charge in [0.2, 0.25) is 11.8 Å². The number of hydrogen-bond acceptors (Lipinski definition) is 4. The van der Waals surface area contributed by atoms with E-state index in [2.05, 4.69) is 5.32 Å². The number of benzene rings is 1. The summed E-state index contributed by atoms with van der Waals surface area (Å²) in [4.78, 5) is 25.0. The van der Waals surface area contributed by atoms with Crippen molar-refractivity contribution in [3.05, 3.63) is 29.6 Å². The smallest absolute Gasteiger partial charge is 0.249 e. The first kappa shape index (κ1) is 14.5. The molecule has 1 aliphatic rings. The summed E-state index contributed by atoms with van der Waals surface area (Å²) < 4.78 is 14.2. The lowest BCUT2D eigenvalue weighted by Crippen LogP contribution is -2.58. The van der Waals surface area contributed by atoms with Gasteiger partial charge in [-0.2, -0.15) is 0 Å². The number of rotatable bonds is 3. The highest BCUT2D eigenvalue weighted by atomic mass is 19.1. The van der Waals surface area contributed by atoms with E-state index in [4.69, 9.17) is 5.73 Å². The maximum Gasteiger partial charge on any atom is 0.249 e. The topological polar surface area (TPSA) is 75.4 Å². The highest BCUT2D eigenvalue weighted by Crippen LogP contribution is 2.31. The molecule has 5 nitrogen and oxygen atoms in total. The average Bonchev–Trinajstić information content (AvgIpc) is 2.37. The first-order valence-corrected chi connectivity index (χ1v) is 6.60. The van der Waals surface area contributed by atoms with Crippen LogP contribution in [0.25, 0.3) is 0 Å². The molecule has 1 aliphatic heterocycles. The summed E-state index contributed by atoms with van der Waals surface area (Å²) in [6, 6.07) is 3.64. The van der Waals surface area contributed by atoms with E-state index in [9.17, 15) is 14.0 Å². The van der Waals surface area contributed by atoms with Gasteiger partial charge in [0.05, 0.1) is 12.2 Å². The van der Waals surface area contributed by atoms with Gasteiger partial charge in [-0.1, -0.05) is 19.1 Å². The van der Waals surface area contributed by atoms with E-state index < -0.39 is 29.7 Å². The molecule has 2 amide bonds. The van der Waals surface area contributed by atoms with E-state index in [1.807, 2.05) is 6.92 Å². The summed E-state index contributed by atoms with van der Waals surface area (Å²) in [7, 11) is 0. The second-order valence-electron chi connectivity index (χ2n) is 4.93. The van der Waals surface area contributed by atoms with Crippen LogP contribution in [0, 0.1) is 5.82 Å². The van der Waals surface area contributed by atoms with Gasteiger partial charge in [-0.25, -0.2) is 4.39 Å². The van der Waals surface area contributed by atoms with Crippen molar-refractivity contribution in [1.29, 1.82) is 0 Å². The van der Waals surface area contributed by atoms with Crippen LogP contribution in [0.4, 0.5) is 10.1 Å². The Kier molecular flexibility index (Phi) is 4.04. The van der Waals surface area contributed by atoms with Crippen LogP contribution in [0.3, 0.4) is 0 Å². The molecule has 2 rings (SSSR count). The van der Waals surface area contributed by atoms with Crippen LogP contribution in [-0.2, 0) is 9.59 Å². The molecule has 6 heteroatoms. The molecule has 108 valence electrons. The molecule has 1 aromatic rings. The first-order valence-electron chi connectivity index (χ1n) is 6.60. The van der Waals surface area contributed by atoms with Gasteiger partial charge in [-0.15, -0.1) is 0 Å². The Labute approximate surface area is 116 Å². The summed E-state index contributed by atoms with van der Waals surface area (Å²) in [5.41, 5.74) is 6.70. The van der Waals surface area contributed by atoms with Gasteiger partial charge in [0.1, 0.15) is 11.9 Å². The van der Waals surface area contributed by atoms with Gasteiger partial charge in [-0.3, -0.25) is 14.9 Å². The minimum atomic E-state index is -0.568. The molecule has 0 spiro atoms. The molecule has 0 bridgehead atoms. The lowest BCUT2D eigenvalue weighted by atomic mass is 10.0. The fourth-order valence-corrected chi connectivity index (χ4v) is 2.51. The zero-order valence-corrected chi connectivity index (χ0v) is 11.5. The second-order valence-corrected chi connectivity index (χ2v) is 4.93. The largest absolute Gasteiger partial charge is 0.348 e. The van der Waals surface area contributed by atoms with Crippen LogP contribution in [-0.4, -0.2) is 24.4 Å². The Hall–Kier alpha value is -1.95. The van der Waals surface area contributed by atoms with Gasteiger partial charge in [0.25, 0.3) is 0 Å². The monoisotopic (exact) mass is 279 g/mol. The molecule has 1 fully saturated rings. The summed E-state index contributed by atoms with van der Waals surface area (Å²) in [6.45, 7) is 3.51. The van der Waals surface area contributed by atoms with Crippen molar-refractivity contribution >= 4 is 17.5 Å². The normalized spacial score (nSPS) is 20.8. The van der Waals surface area contributed by atoms with Crippen LogP contribution in [0.1, 0.15) is 31.9 Å². The average molecular weight is 279 g/mol. The van der Waals surface area contributed by atoms with E-state index in [-0.39, 0.29) is 12.2 Å². The molecule has 1 saturated heterocycles. The lowest BCUT2D eigenvalue weighted by Gasteiger charge is -2.37. The lowest BCUT2D eigenvalue weighted by molar-refractivity contribution is -0.132. The number of amides is 2. The SMILES string of the molecule is CCC1C(=O)NC(=O)CN1c1c(F)cccc1[C@H](C)N. The maximum atomic E-state index is 14.2. The van der Waals surface area contributed by atoms with Crippen molar-refractivity contribution in [2.24, 2.45) is 5.73 Å². The predicted molar refractivity (Wildman–Crippen MR) is 73.6 cm³/mol. The molecular weight excluding hydrogens is 261 g/mol. The number of hydrogen-bond donors (Lipinski definition) is 2. The number of imide groups is 1. The Morgan fingerprint density at radius 3 is 2.80 bits per heavy atom. The Balaban J connectivity index is 2.53. The number of carbonyl (C=O) groups excluding carboxylic acids is 2. The van der Waals surface area contributed by atoms with Crippen LogP contribution in [0.15, 0.2) is 18.2 Å². The highest BCUT2D eigenvalue weighted by molar-refractivity contribution is 6.04. The molecular formula is C14H18FN3O2. The quantitative estimate of drug-likeness (QED) is 0.812. The molecule has 1 heterocycles. The maximum absolute atomic E-state index is 14.2. The van der Waals surface area contributed by atoms with E-state index in [0.717, 1.165) is 0 Å². The van der Waals surface area contributed by atoms with Crippen LogP contribution < -0.4 is 16.0 Å². The van der Waals surface area contributed by atoms with E-state index >= 15 is 0 Å². The van der Waals surface area contributed by atoms with Crippen LogP contribution in [0.5, 0.6) is 0 Å². The Morgan fingerprint density at radius 1 is 1.50 bits per heavy atom. The number of nitrogens with zero attached hydrogens (tertiary/aromatic N) is 1. The third-order valence-corrected chi connectivity index (χ3v) is 3.44. The van der Waals surface area contributed by atoms with Crippen molar-refractivity contribution in [2.45, 2.75) is 32.4 Å². The number of piperazine rings is 1. The fraction of sp³-hybridized carbons (Fsp3) is 0.429. The minimum Gasteiger partial charge on any atom is -0.348 e.